The number of thiazole rings is 1. The van der Waals surface area contributed by atoms with Crippen LogP contribution >= 0.6 is 11.3 Å². The van der Waals surface area contributed by atoms with Crippen molar-refractivity contribution in [2.24, 2.45) is 5.92 Å². The van der Waals surface area contributed by atoms with Gasteiger partial charge in [0.2, 0.25) is 15.2 Å². The van der Waals surface area contributed by atoms with Crippen LogP contribution in [0.25, 0.3) is 16.4 Å². The SMILES string of the molecule is CCOC(=O)c1csc(-n2nc(-c3ccc(F)c(B4OC(C)(C)C(C)(C)O4)c3)c(Cc3ccc(S(=O)(=O)N(Cc4ccc(OC)cc4)Cc4ccc(OC)cc4)c(F)c3)c2CC2CC2)n1. The van der Waals surface area contributed by atoms with Gasteiger partial charge in [-0.3, -0.25) is 0 Å². The van der Waals surface area contributed by atoms with Gasteiger partial charge in [0, 0.05) is 41.5 Å². The predicted molar refractivity (Wildman–Crippen MR) is 244 cm³/mol. The quantitative estimate of drug-likeness (QED) is 0.0647. The van der Waals surface area contributed by atoms with Crippen LogP contribution < -0.4 is 14.9 Å². The number of aromatic nitrogens is 3. The van der Waals surface area contributed by atoms with Crippen LogP contribution in [0.15, 0.2) is 95.2 Å². The zero-order valence-electron chi connectivity index (χ0n) is 37.4. The fourth-order valence-corrected chi connectivity index (χ4v) is 9.90. The number of esters is 1. The van der Waals surface area contributed by atoms with E-state index in [2.05, 4.69) is 4.98 Å². The third kappa shape index (κ3) is 9.75. The number of halogens is 2. The molecule has 0 unspecified atom stereocenters. The summed E-state index contributed by atoms with van der Waals surface area (Å²) in [6.45, 7) is 9.42. The fourth-order valence-electron chi connectivity index (χ4n) is 7.67. The van der Waals surface area contributed by atoms with Crippen LogP contribution in [0.4, 0.5) is 8.78 Å². The van der Waals surface area contributed by atoms with Crippen molar-refractivity contribution in [3.8, 4) is 27.9 Å². The molecule has 65 heavy (non-hydrogen) atoms. The highest BCUT2D eigenvalue weighted by Gasteiger charge is 2.52. The van der Waals surface area contributed by atoms with Gasteiger partial charge in [-0.2, -0.15) is 9.40 Å². The molecule has 1 saturated heterocycles. The lowest BCUT2D eigenvalue weighted by atomic mass is 9.77. The van der Waals surface area contributed by atoms with Gasteiger partial charge in [0.25, 0.3) is 0 Å². The first kappa shape index (κ1) is 46.1. The highest BCUT2D eigenvalue weighted by molar-refractivity contribution is 7.89. The molecule has 0 bridgehead atoms. The van der Waals surface area contributed by atoms with Gasteiger partial charge in [0.1, 0.15) is 28.0 Å². The predicted octanol–water partition coefficient (Wildman–Crippen LogP) is 8.70. The average Bonchev–Trinajstić information content (AvgIpc) is 3.76. The Labute approximate surface area is 382 Å². The monoisotopic (exact) mass is 924 g/mol. The van der Waals surface area contributed by atoms with Crippen LogP contribution in [0, 0.1) is 17.6 Å². The Hall–Kier alpha value is -5.46. The minimum Gasteiger partial charge on any atom is -0.497 e. The normalized spacial score (nSPS) is 15.7. The van der Waals surface area contributed by atoms with E-state index in [-0.39, 0.29) is 37.3 Å². The van der Waals surface area contributed by atoms with E-state index in [1.807, 2.05) is 27.7 Å². The lowest BCUT2D eigenvalue weighted by Gasteiger charge is -2.32. The van der Waals surface area contributed by atoms with Crippen LogP contribution in [0.1, 0.15) is 85.9 Å². The molecule has 4 aromatic carbocycles. The number of rotatable bonds is 17. The third-order valence-corrected chi connectivity index (χ3v) is 14.9. The van der Waals surface area contributed by atoms with Crippen molar-refractivity contribution in [2.75, 3.05) is 20.8 Å². The maximum absolute atomic E-state index is 16.7. The summed E-state index contributed by atoms with van der Waals surface area (Å²) in [6.07, 6.45) is 2.73. The molecule has 1 aliphatic heterocycles. The van der Waals surface area contributed by atoms with Crippen LogP contribution in [-0.2, 0) is 50.0 Å². The Morgan fingerprint density at radius 3 is 2.02 bits per heavy atom. The van der Waals surface area contributed by atoms with Crippen LogP contribution in [0.3, 0.4) is 0 Å². The molecular weight excluding hydrogens is 873 g/mol. The number of sulfonamides is 1. The second-order valence-electron chi connectivity index (χ2n) is 17.3. The summed E-state index contributed by atoms with van der Waals surface area (Å²) in [7, 11) is -2.32. The Morgan fingerprint density at radius 2 is 1.46 bits per heavy atom. The summed E-state index contributed by atoms with van der Waals surface area (Å²) in [6, 6.07) is 22.9. The molecule has 0 spiro atoms. The van der Waals surface area contributed by atoms with E-state index in [0.717, 1.165) is 18.5 Å². The van der Waals surface area contributed by atoms with Gasteiger partial charge in [-0.1, -0.05) is 36.4 Å². The molecule has 1 saturated carbocycles. The van der Waals surface area contributed by atoms with Crippen molar-refractivity contribution in [2.45, 2.75) is 89.5 Å². The smallest absolute Gasteiger partial charge is 0.497 e. The van der Waals surface area contributed by atoms with Crippen LogP contribution in [-0.4, -0.2) is 72.6 Å². The van der Waals surface area contributed by atoms with Crippen molar-refractivity contribution in [3.05, 3.63) is 136 Å². The number of methoxy groups -OCH3 is 2. The summed E-state index contributed by atoms with van der Waals surface area (Å²) in [5.74, 6) is -0.412. The van der Waals surface area contributed by atoms with Crippen molar-refractivity contribution in [1.29, 1.82) is 0 Å². The van der Waals surface area contributed by atoms with Crippen LogP contribution in [0.2, 0.25) is 0 Å². The minimum absolute atomic E-state index is 0.0349. The molecule has 340 valence electrons. The standard InChI is InChI=1S/C48H51BF2N4O8S2/c1-8-61-45(56)41-29-64-46(52-41)55-42(25-30-9-10-30)37(44(53-55)34-16-21-39(50)38(26-34)49-62-47(2,3)48(4,5)63-49)23-33-15-22-43(40(51)24-33)65(57,58)54(27-31-11-17-35(59-6)18-12-31)28-32-13-19-36(60-7)20-14-32/h11-22,24,26,29-30H,8-10,23,25,27-28H2,1-7H3. The largest absolute Gasteiger partial charge is 0.497 e. The average molecular weight is 925 g/mol. The van der Waals surface area contributed by atoms with Crippen molar-refractivity contribution in [1.82, 2.24) is 19.1 Å². The topological polar surface area (TPSA) is 131 Å². The Balaban J connectivity index is 1.19. The Morgan fingerprint density at radius 1 is 0.862 bits per heavy atom. The molecule has 0 atom stereocenters. The second-order valence-corrected chi connectivity index (χ2v) is 20.0. The highest BCUT2D eigenvalue weighted by Crippen LogP contribution is 2.40. The maximum Gasteiger partial charge on any atom is 0.497 e. The summed E-state index contributed by atoms with van der Waals surface area (Å²) in [4.78, 5) is 16.9. The van der Waals surface area contributed by atoms with E-state index >= 15 is 8.78 Å². The summed E-state index contributed by atoms with van der Waals surface area (Å²) >= 11 is 1.23. The molecule has 8 rings (SSSR count). The van der Waals surface area contributed by atoms with E-state index < -0.39 is 50.8 Å². The number of ether oxygens (including phenoxy) is 3. The van der Waals surface area contributed by atoms with E-state index in [9.17, 15) is 13.2 Å². The van der Waals surface area contributed by atoms with E-state index in [1.165, 1.54) is 33.8 Å². The summed E-state index contributed by atoms with van der Waals surface area (Å²) in [5, 5.41) is 7.14. The summed E-state index contributed by atoms with van der Waals surface area (Å²) < 4.78 is 92.8. The molecule has 1 aliphatic carbocycles. The van der Waals surface area contributed by atoms with Gasteiger partial charge in [0.05, 0.1) is 43.4 Å². The number of hydrogen-bond donors (Lipinski definition) is 0. The van der Waals surface area contributed by atoms with Crippen LogP contribution in [0.5, 0.6) is 11.5 Å². The van der Waals surface area contributed by atoms with Crippen molar-refractivity contribution >= 4 is 39.9 Å². The Kier molecular flexibility index (Phi) is 13.1. The molecule has 2 aliphatic rings. The number of carbonyl (C=O) groups excluding carboxylic acids is 1. The number of hydrogen-bond acceptors (Lipinski definition) is 11. The molecule has 3 heterocycles. The molecule has 0 N–H and O–H groups in total. The van der Waals surface area contributed by atoms with Gasteiger partial charge < -0.3 is 23.5 Å². The first-order valence-electron chi connectivity index (χ1n) is 21.4. The van der Waals surface area contributed by atoms with Gasteiger partial charge in [-0.15, -0.1) is 11.3 Å². The second kappa shape index (κ2) is 18.4. The summed E-state index contributed by atoms with van der Waals surface area (Å²) in [5.41, 5.74) is 3.27. The molecule has 0 radical (unpaired) electrons. The first-order valence-corrected chi connectivity index (χ1v) is 23.8. The van der Waals surface area contributed by atoms with E-state index in [1.54, 1.807) is 97.9 Å². The van der Waals surface area contributed by atoms with E-state index in [4.69, 9.17) is 28.6 Å². The highest BCUT2D eigenvalue weighted by atomic mass is 32.2. The lowest BCUT2D eigenvalue weighted by Crippen LogP contribution is -2.41. The van der Waals surface area contributed by atoms with E-state index in [0.29, 0.717) is 62.5 Å². The minimum atomic E-state index is -4.42. The fraction of sp³-hybridized carbons (Fsp3) is 0.354. The van der Waals surface area contributed by atoms with Gasteiger partial charge in [-0.25, -0.2) is 31.7 Å². The van der Waals surface area contributed by atoms with Gasteiger partial charge in [-0.05, 0) is 125 Å². The van der Waals surface area contributed by atoms with Gasteiger partial charge >= 0.3 is 13.1 Å². The molecule has 17 heteroatoms. The number of nitrogens with zero attached hydrogens (tertiary/aromatic N) is 4. The zero-order valence-corrected chi connectivity index (χ0v) is 39.0. The third-order valence-electron chi connectivity index (χ3n) is 12.2. The molecule has 6 aromatic rings. The number of carbonyl (C=O) groups is 1. The Bertz CT molecular complexity index is 2740. The first-order chi connectivity index (χ1) is 31.0. The van der Waals surface area contributed by atoms with Crippen molar-refractivity contribution < 1.29 is 45.5 Å². The zero-order chi connectivity index (χ0) is 46.3. The molecule has 0 amide bonds. The lowest BCUT2D eigenvalue weighted by molar-refractivity contribution is 0.00578. The molecular formula is C48H51BF2N4O8S2. The van der Waals surface area contributed by atoms with Gasteiger partial charge in [0.15, 0.2) is 5.69 Å². The molecule has 2 aromatic heterocycles. The molecule has 2 fully saturated rings. The van der Waals surface area contributed by atoms with Crippen molar-refractivity contribution in [3.63, 3.8) is 0 Å². The molecule has 12 nitrogen and oxygen atoms in total. The number of benzene rings is 4. The maximum atomic E-state index is 16.7.